The molecule has 1 aromatic heterocycles. The summed E-state index contributed by atoms with van der Waals surface area (Å²) >= 11 is 0. The SMILES string of the molecule is CC#CC#CC#CC.Cc1ncc(C=O)[nH]1. The zero-order valence-electron chi connectivity index (χ0n) is 9.51. The van der Waals surface area contributed by atoms with Crippen molar-refractivity contribution in [3.63, 3.8) is 0 Å². The van der Waals surface area contributed by atoms with E-state index in [0.717, 1.165) is 12.1 Å². The first-order valence-corrected chi connectivity index (χ1v) is 4.54. The van der Waals surface area contributed by atoms with Gasteiger partial charge in [0, 0.05) is 0 Å². The van der Waals surface area contributed by atoms with Gasteiger partial charge in [-0.2, -0.15) is 0 Å². The van der Waals surface area contributed by atoms with Crippen LogP contribution in [0.3, 0.4) is 0 Å². The highest BCUT2D eigenvalue weighted by molar-refractivity contribution is 5.71. The van der Waals surface area contributed by atoms with E-state index in [2.05, 4.69) is 45.5 Å². The third-order valence-corrected chi connectivity index (χ3v) is 1.29. The molecule has 0 aliphatic carbocycles. The minimum absolute atomic E-state index is 0.530. The lowest BCUT2D eigenvalue weighted by atomic mass is 10.5. The number of imidazole rings is 1. The fraction of sp³-hybridized carbons (Fsp3) is 0.231. The standard InChI is InChI=1S/C8H6.C5H6N2O/c1-3-5-7-8-6-4-2;1-4-6-2-5(3-8)7-4/h1-2H3;2-3H,1H3,(H,6,7). The summed E-state index contributed by atoms with van der Waals surface area (Å²) in [6.45, 7) is 5.29. The number of rotatable bonds is 1. The van der Waals surface area contributed by atoms with Crippen LogP contribution in [0.1, 0.15) is 30.2 Å². The van der Waals surface area contributed by atoms with Crippen LogP contribution in [0, 0.1) is 42.4 Å². The van der Waals surface area contributed by atoms with Gasteiger partial charge in [0.05, 0.1) is 11.9 Å². The van der Waals surface area contributed by atoms with Crippen molar-refractivity contribution < 1.29 is 4.79 Å². The first-order chi connectivity index (χ1) is 7.74. The summed E-state index contributed by atoms with van der Waals surface area (Å²) in [5.41, 5.74) is 0.530. The van der Waals surface area contributed by atoms with E-state index in [-0.39, 0.29) is 0 Å². The Morgan fingerprint density at radius 3 is 2.00 bits per heavy atom. The Hall–Kier alpha value is -2.44. The minimum Gasteiger partial charge on any atom is -0.340 e. The normalized spacial score (nSPS) is 6.44. The molecule has 0 amide bonds. The Labute approximate surface area is 95.7 Å². The van der Waals surface area contributed by atoms with Gasteiger partial charge in [-0.25, -0.2) is 4.98 Å². The number of aromatic nitrogens is 2. The van der Waals surface area contributed by atoms with Crippen LogP contribution in [0.25, 0.3) is 0 Å². The first kappa shape index (κ1) is 13.6. The third-order valence-electron chi connectivity index (χ3n) is 1.29. The van der Waals surface area contributed by atoms with Gasteiger partial charge < -0.3 is 4.98 Å². The van der Waals surface area contributed by atoms with Gasteiger partial charge in [0.1, 0.15) is 5.82 Å². The molecule has 1 aromatic rings. The van der Waals surface area contributed by atoms with E-state index in [9.17, 15) is 4.79 Å². The van der Waals surface area contributed by atoms with Crippen LogP contribution in [0.15, 0.2) is 6.20 Å². The topological polar surface area (TPSA) is 45.8 Å². The molecule has 0 aliphatic heterocycles. The Kier molecular flexibility index (Phi) is 7.74. The highest BCUT2D eigenvalue weighted by Crippen LogP contribution is 1.88. The molecule has 0 saturated heterocycles. The number of aryl methyl sites for hydroxylation is 1. The number of nitrogens with zero attached hydrogens (tertiary/aromatic N) is 1. The molecule has 0 spiro atoms. The summed E-state index contributed by atoms with van der Waals surface area (Å²) in [7, 11) is 0. The maximum atomic E-state index is 9.95. The van der Waals surface area contributed by atoms with Gasteiger partial charge in [0.25, 0.3) is 0 Å². The van der Waals surface area contributed by atoms with Crippen molar-refractivity contribution in [1.82, 2.24) is 9.97 Å². The highest BCUT2D eigenvalue weighted by Gasteiger charge is 1.89. The molecule has 3 heteroatoms. The van der Waals surface area contributed by atoms with Gasteiger partial charge >= 0.3 is 0 Å². The van der Waals surface area contributed by atoms with Crippen LogP contribution in [-0.4, -0.2) is 16.3 Å². The number of H-pyrrole nitrogens is 1. The van der Waals surface area contributed by atoms with E-state index in [4.69, 9.17) is 0 Å². The second kappa shape index (κ2) is 9.13. The zero-order chi connectivity index (χ0) is 12.2. The molecule has 0 atom stereocenters. The summed E-state index contributed by atoms with van der Waals surface area (Å²) < 4.78 is 0. The summed E-state index contributed by atoms with van der Waals surface area (Å²) in [4.78, 5) is 16.5. The number of carbonyl (C=O) groups is 1. The molecular formula is C13H12N2O. The van der Waals surface area contributed by atoms with Crippen LogP contribution >= 0.6 is 0 Å². The molecule has 0 bridgehead atoms. The van der Waals surface area contributed by atoms with Crippen LogP contribution in [0.4, 0.5) is 0 Å². The number of hydrogen-bond acceptors (Lipinski definition) is 2. The summed E-state index contributed by atoms with van der Waals surface area (Å²) in [6.07, 6.45) is 2.24. The van der Waals surface area contributed by atoms with Gasteiger partial charge in [0.15, 0.2) is 6.29 Å². The average molecular weight is 212 g/mol. The third kappa shape index (κ3) is 7.01. The molecule has 0 unspecified atom stereocenters. The van der Waals surface area contributed by atoms with Gasteiger partial charge in [-0.05, 0) is 44.5 Å². The number of aromatic amines is 1. The lowest BCUT2D eigenvalue weighted by Gasteiger charge is -1.74. The molecule has 0 aromatic carbocycles. The quantitative estimate of drug-likeness (QED) is 0.567. The molecule has 1 N–H and O–H groups in total. The lowest BCUT2D eigenvalue weighted by Crippen LogP contribution is -1.76. The number of aldehydes is 1. The fourth-order valence-corrected chi connectivity index (χ4v) is 0.687. The van der Waals surface area contributed by atoms with E-state index in [0.29, 0.717) is 5.69 Å². The molecule has 1 heterocycles. The van der Waals surface area contributed by atoms with Crippen LogP contribution < -0.4 is 0 Å². The van der Waals surface area contributed by atoms with Crippen LogP contribution in [-0.2, 0) is 0 Å². The van der Waals surface area contributed by atoms with Gasteiger partial charge in [-0.1, -0.05) is 11.8 Å². The van der Waals surface area contributed by atoms with Gasteiger partial charge in [0.2, 0.25) is 0 Å². The number of nitrogens with one attached hydrogen (secondary N) is 1. The van der Waals surface area contributed by atoms with E-state index in [1.165, 1.54) is 6.20 Å². The smallest absolute Gasteiger partial charge is 0.167 e. The second-order valence-electron chi connectivity index (χ2n) is 2.54. The van der Waals surface area contributed by atoms with E-state index in [1.54, 1.807) is 20.8 Å². The Morgan fingerprint density at radius 1 is 1.19 bits per heavy atom. The predicted molar refractivity (Wildman–Crippen MR) is 63.4 cm³/mol. The number of carbonyl (C=O) groups excluding carboxylic acids is 1. The molecule has 0 radical (unpaired) electrons. The molecule has 0 aliphatic rings. The maximum absolute atomic E-state index is 9.95. The zero-order valence-corrected chi connectivity index (χ0v) is 9.51. The van der Waals surface area contributed by atoms with Gasteiger partial charge in [-0.3, -0.25) is 4.79 Å². The highest BCUT2D eigenvalue weighted by atomic mass is 16.1. The second-order valence-corrected chi connectivity index (χ2v) is 2.54. The Bertz CT molecular complexity index is 483. The lowest BCUT2D eigenvalue weighted by molar-refractivity contribution is 0.111. The summed E-state index contributed by atoms with van der Waals surface area (Å²) in [5.74, 6) is 16.3. The van der Waals surface area contributed by atoms with E-state index < -0.39 is 0 Å². The van der Waals surface area contributed by atoms with E-state index >= 15 is 0 Å². The van der Waals surface area contributed by atoms with Crippen molar-refractivity contribution in [3.8, 4) is 35.5 Å². The monoisotopic (exact) mass is 212 g/mol. The van der Waals surface area contributed by atoms with Crippen molar-refractivity contribution in [2.24, 2.45) is 0 Å². The largest absolute Gasteiger partial charge is 0.340 e. The average Bonchev–Trinajstić information content (AvgIpc) is 2.72. The van der Waals surface area contributed by atoms with Crippen molar-refractivity contribution in [2.75, 3.05) is 0 Å². The van der Waals surface area contributed by atoms with Crippen molar-refractivity contribution >= 4 is 6.29 Å². The molecule has 1 rings (SSSR count). The minimum atomic E-state index is 0.530. The van der Waals surface area contributed by atoms with Crippen molar-refractivity contribution in [2.45, 2.75) is 20.8 Å². The van der Waals surface area contributed by atoms with Crippen molar-refractivity contribution in [1.29, 1.82) is 0 Å². The summed E-state index contributed by atoms with van der Waals surface area (Å²) in [5, 5.41) is 0. The van der Waals surface area contributed by atoms with Crippen LogP contribution in [0.2, 0.25) is 0 Å². The molecule has 80 valence electrons. The predicted octanol–water partition coefficient (Wildman–Crippen LogP) is 1.57. The van der Waals surface area contributed by atoms with Crippen molar-refractivity contribution in [3.05, 3.63) is 17.7 Å². The summed E-state index contributed by atoms with van der Waals surface area (Å²) in [6, 6.07) is 0. The Balaban J connectivity index is 0.000000281. The van der Waals surface area contributed by atoms with Crippen LogP contribution in [0.5, 0.6) is 0 Å². The van der Waals surface area contributed by atoms with E-state index in [1.807, 2.05) is 0 Å². The molecule has 0 fully saturated rings. The fourth-order valence-electron chi connectivity index (χ4n) is 0.687. The first-order valence-electron chi connectivity index (χ1n) is 4.54. The van der Waals surface area contributed by atoms with Gasteiger partial charge in [-0.15, -0.1) is 0 Å². The molecule has 16 heavy (non-hydrogen) atoms. The molecule has 3 nitrogen and oxygen atoms in total. The maximum Gasteiger partial charge on any atom is 0.167 e. The number of hydrogen-bond donors (Lipinski definition) is 1. The Morgan fingerprint density at radius 2 is 1.75 bits per heavy atom. The molecular weight excluding hydrogens is 200 g/mol. The molecule has 0 saturated carbocycles.